The molecular weight excluding hydrogens is 308 g/mol. The minimum atomic E-state index is -0.902. The van der Waals surface area contributed by atoms with Crippen LogP contribution in [-0.2, 0) is 11.2 Å². The van der Waals surface area contributed by atoms with Crippen molar-refractivity contribution < 1.29 is 9.90 Å². The number of aromatic nitrogens is 2. The molecule has 2 atom stereocenters. The highest BCUT2D eigenvalue weighted by Crippen LogP contribution is 2.42. The minimum absolute atomic E-state index is 0.216. The lowest BCUT2D eigenvalue weighted by molar-refractivity contribution is -0.136. The Bertz CT molecular complexity index is 766. The van der Waals surface area contributed by atoms with Crippen molar-refractivity contribution in [3.8, 4) is 0 Å². The fourth-order valence-electron chi connectivity index (χ4n) is 2.46. The molecule has 3 rings (SSSR count). The summed E-state index contributed by atoms with van der Waals surface area (Å²) in [5, 5.41) is 9.12. The highest BCUT2D eigenvalue weighted by Gasteiger charge is 2.38. The van der Waals surface area contributed by atoms with Crippen molar-refractivity contribution in [3.05, 3.63) is 43.6 Å². The van der Waals surface area contributed by atoms with Gasteiger partial charge in [-0.1, -0.05) is 18.7 Å². The van der Waals surface area contributed by atoms with E-state index in [1.165, 1.54) is 16.6 Å². The number of hydrogen-bond donors (Lipinski definition) is 2. The second-order valence-corrected chi connectivity index (χ2v) is 7.59. The van der Waals surface area contributed by atoms with E-state index >= 15 is 0 Å². The molecule has 2 aromatic heterocycles. The first kappa shape index (κ1) is 14.3. The number of thiophene rings is 1. The fourth-order valence-corrected chi connectivity index (χ4v) is 4.61. The number of aromatic amines is 1. The molecule has 0 bridgehead atoms. The van der Waals surface area contributed by atoms with Crippen LogP contribution in [0.2, 0.25) is 0 Å². The van der Waals surface area contributed by atoms with Crippen LogP contribution in [0.15, 0.2) is 22.0 Å². The van der Waals surface area contributed by atoms with Gasteiger partial charge in [-0.15, -0.1) is 11.3 Å². The van der Waals surface area contributed by atoms with Crippen LogP contribution < -0.4 is 5.56 Å². The Hall–Kier alpha value is -1.60. The topological polar surface area (TPSA) is 83.0 Å². The van der Waals surface area contributed by atoms with Gasteiger partial charge >= 0.3 is 5.97 Å². The summed E-state index contributed by atoms with van der Waals surface area (Å²) in [5.41, 5.74) is 0.283. The van der Waals surface area contributed by atoms with E-state index in [9.17, 15) is 14.7 Å². The lowest BCUT2D eigenvalue weighted by Gasteiger charge is -2.07. The normalized spacial score (nSPS) is 20.5. The quantitative estimate of drug-likeness (QED) is 0.848. The Labute approximate surface area is 129 Å². The summed E-state index contributed by atoms with van der Waals surface area (Å²) in [6, 6.07) is 4.05. The SMILES string of the molecule is Cc1ccc(Cc2nc3c(c(=O)[nH]2)C(C)C(C(=O)O)S3)s1. The molecular formula is C14H14N2O3S2. The Morgan fingerprint density at radius 2 is 2.24 bits per heavy atom. The molecule has 0 fully saturated rings. The molecule has 2 N–H and O–H groups in total. The van der Waals surface area contributed by atoms with Crippen molar-refractivity contribution in [2.45, 2.75) is 36.5 Å². The number of aryl methyl sites for hydroxylation is 1. The lowest BCUT2D eigenvalue weighted by atomic mass is 10.0. The molecule has 2 unspecified atom stereocenters. The summed E-state index contributed by atoms with van der Waals surface area (Å²) in [6.07, 6.45) is 0.563. The molecule has 21 heavy (non-hydrogen) atoms. The number of aliphatic carboxylic acids is 1. The molecule has 0 saturated carbocycles. The predicted molar refractivity (Wildman–Crippen MR) is 82.4 cm³/mol. The van der Waals surface area contributed by atoms with E-state index in [4.69, 9.17) is 0 Å². The van der Waals surface area contributed by atoms with Gasteiger partial charge < -0.3 is 10.1 Å². The molecule has 0 aliphatic carbocycles. The van der Waals surface area contributed by atoms with Crippen LogP contribution in [0, 0.1) is 6.92 Å². The third kappa shape index (κ3) is 2.63. The van der Waals surface area contributed by atoms with Gasteiger partial charge in [0.1, 0.15) is 16.1 Å². The number of hydrogen-bond acceptors (Lipinski definition) is 5. The number of thioether (sulfide) groups is 1. The number of nitrogens with one attached hydrogen (secondary N) is 1. The maximum atomic E-state index is 12.2. The molecule has 1 aliphatic heterocycles. The molecule has 3 heterocycles. The zero-order chi connectivity index (χ0) is 15.1. The van der Waals surface area contributed by atoms with E-state index in [-0.39, 0.29) is 11.5 Å². The van der Waals surface area contributed by atoms with Gasteiger partial charge in [-0.3, -0.25) is 9.59 Å². The summed E-state index contributed by atoms with van der Waals surface area (Å²) < 4.78 is 0. The van der Waals surface area contributed by atoms with Crippen molar-refractivity contribution >= 4 is 29.1 Å². The van der Waals surface area contributed by atoms with E-state index in [1.54, 1.807) is 18.3 Å². The zero-order valence-electron chi connectivity index (χ0n) is 11.5. The van der Waals surface area contributed by atoms with Gasteiger partial charge in [0.05, 0.1) is 5.56 Å². The van der Waals surface area contributed by atoms with Crippen molar-refractivity contribution in [1.29, 1.82) is 0 Å². The number of carboxylic acids is 1. The average Bonchev–Trinajstić information content (AvgIpc) is 2.94. The molecule has 0 aromatic carbocycles. The third-order valence-electron chi connectivity index (χ3n) is 3.50. The first-order chi connectivity index (χ1) is 9.95. The summed E-state index contributed by atoms with van der Waals surface area (Å²) in [6.45, 7) is 3.79. The number of H-pyrrole nitrogens is 1. The summed E-state index contributed by atoms with van der Waals surface area (Å²) in [7, 11) is 0. The Balaban J connectivity index is 1.95. The summed E-state index contributed by atoms with van der Waals surface area (Å²) >= 11 is 2.83. The number of nitrogens with zero attached hydrogens (tertiary/aromatic N) is 1. The van der Waals surface area contributed by atoms with Crippen LogP contribution >= 0.6 is 23.1 Å². The van der Waals surface area contributed by atoms with Crippen LogP contribution in [0.3, 0.4) is 0 Å². The zero-order valence-corrected chi connectivity index (χ0v) is 13.2. The van der Waals surface area contributed by atoms with Crippen molar-refractivity contribution in [2.24, 2.45) is 0 Å². The second kappa shape index (κ2) is 5.31. The number of fused-ring (bicyclic) bond motifs is 1. The molecule has 1 aliphatic rings. The first-order valence-corrected chi connectivity index (χ1v) is 8.23. The average molecular weight is 322 g/mol. The van der Waals surface area contributed by atoms with E-state index in [2.05, 4.69) is 9.97 Å². The largest absolute Gasteiger partial charge is 0.480 e. The van der Waals surface area contributed by atoms with Crippen molar-refractivity contribution in [1.82, 2.24) is 9.97 Å². The smallest absolute Gasteiger partial charge is 0.317 e. The Morgan fingerprint density at radius 1 is 1.48 bits per heavy atom. The van der Waals surface area contributed by atoms with Gasteiger partial charge in [0.25, 0.3) is 5.56 Å². The second-order valence-electron chi connectivity index (χ2n) is 5.09. The van der Waals surface area contributed by atoms with E-state index in [1.807, 2.05) is 19.1 Å². The lowest BCUT2D eigenvalue weighted by Crippen LogP contribution is -2.23. The van der Waals surface area contributed by atoms with Crippen LogP contribution in [-0.4, -0.2) is 26.3 Å². The molecule has 0 amide bonds. The molecule has 2 aromatic rings. The number of carboxylic acid groups (broad SMARTS) is 1. The standard InChI is InChI=1S/C14H14N2O3S2/c1-6-3-4-8(20-6)5-9-15-12(17)10-7(2)11(14(18)19)21-13(10)16-9/h3-4,7,11H,5H2,1-2H3,(H,18,19)(H,15,16,17). The molecule has 110 valence electrons. The van der Waals surface area contributed by atoms with Crippen LogP contribution in [0.1, 0.15) is 34.0 Å². The molecule has 0 spiro atoms. The van der Waals surface area contributed by atoms with Crippen molar-refractivity contribution in [2.75, 3.05) is 0 Å². The van der Waals surface area contributed by atoms with Gasteiger partial charge in [0.15, 0.2) is 0 Å². The third-order valence-corrected chi connectivity index (χ3v) is 5.90. The summed E-state index contributed by atoms with van der Waals surface area (Å²) in [5.74, 6) is -0.636. The predicted octanol–water partition coefficient (Wildman–Crippen LogP) is 2.39. The van der Waals surface area contributed by atoms with Gasteiger partial charge in [0, 0.05) is 22.1 Å². The van der Waals surface area contributed by atoms with Crippen LogP contribution in [0.25, 0.3) is 0 Å². The monoisotopic (exact) mass is 322 g/mol. The molecule has 0 saturated heterocycles. The van der Waals surface area contributed by atoms with Gasteiger partial charge in [-0.25, -0.2) is 4.98 Å². The van der Waals surface area contributed by atoms with Gasteiger partial charge in [-0.2, -0.15) is 0 Å². The maximum absolute atomic E-state index is 12.2. The number of rotatable bonds is 3. The summed E-state index contributed by atoms with van der Waals surface area (Å²) in [4.78, 5) is 33.0. The van der Waals surface area contributed by atoms with Crippen molar-refractivity contribution in [3.63, 3.8) is 0 Å². The highest BCUT2D eigenvalue weighted by atomic mass is 32.2. The van der Waals surface area contributed by atoms with Crippen LogP contribution in [0.5, 0.6) is 0 Å². The molecule has 0 radical (unpaired) electrons. The molecule has 7 heteroatoms. The van der Waals surface area contributed by atoms with E-state index in [0.29, 0.717) is 22.8 Å². The minimum Gasteiger partial charge on any atom is -0.480 e. The first-order valence-electron chi connectivity index (χ1n) is 6.53. The maximum Gasteiger partial charge on any atom is 0.317 e. The van der Waals surface area contributed by atoms with E-state index < -0.39 is 11.2 Å². The van der Waals surface area contributed by atoms with Gasteiger partial charge in [0.2, 0.25) is 0 Å². The van der Waals surface area contributed by atoms with Crippen LogP contribution in [0.4, 0.5) is 0 Å². The highest BCUT2D eigenvalue weighted by molar-refractivity contribution is 8.00. The fraction of sp³-hybridized carbons (Fsp3) is 0.357. The number of carbonyl (C=O) groups is 1. The van der Waals surface area contributed by atoms with E-state index in [0.717, 1.165) is 4.88 Å². The van der Waals surface area contributed by atoms with Gasteiger partial charge in [-0.05, 0) is 19.1 Å². The molecule has 5 nitrogen and oxygen atoms in total. The Morgan fingerprint density at radius 3 is 2.86 bits per heavy atom. The Kier molecular flexibility index (Phi) is 3.62.